The second-order valence-corrected chi connectivity index (χ2v) is 9.16. The number of piperidine rings is 1. The molecule has 8 nitrogen and oxygen atoms in total. The molecular weight excluding hydrogens is 392 g/mol. The topological polar surface area (TPSA) is 83.4 Å². The number of likely N-dealkylation sites (tertiary alicyclic amines) is 1. The predicted molar refractivity (Wildman–Crippen MR) is 119 cm³/mol. The van der Waals surface area contributed by atoms with Crippen LogP contribution in [0.1, 0.15) is 46.8 Å². The molecule has 3 aliphatic heterocycles. The van der Waals surface area contributed by atoms with E-state index in [2.05, 4.69) is 25.1 Å². The highest BCUT2D eigenvalue weighted by Crippen LogP contribution is 2.36. The van der Waals surface area contributed by atoms with Crippen molar-refractivity contribution >= 4 is 11.9 Å². The normalized spacial score (nSPS) is 22.9. The Balaban J connectivity index is 1.30. The summed E-state index contributed by atoms with van der Waals surface area (Å²) in [7, 11) is 0. The minimum absolute atomic E-state index is 0.161. The van der Waals surface area contributed by atoms with E-state index in [1.165, 1.54) is 12.8 Å². The van der Waals surface area contributed by atoms with Crippen LogP contribution in [0, 0.1) is 12.8 Å². The molecule has 2 aromatic rings. The highest BCUT2D eigenvalue weighted by Gasteiger charge is 2.36. The molecule has 8 heteroatoms. The van der Waals surface area contributed by atoms with Crippen LogP contribution in [0.3, 0.4) is 0 Å². The lowest BCUT2D eigenvalue weighted by Crippen LogP contribution is -2.48. The average molecular weight is 423 g/mol. The van der Waals surface area contributed by atoms with E-state index in [0.29, 0.717) is 19.0 Å². The van der Waals surface area contributed by atoms with Crippen LogP contribution in [-0.4, -0.2) is 64.6 Å². The van der Waals surface area contributed by atoms with Crippen molar-refractivity contribution in [3.63, 3.8) is 0 Å². The standard InChI is InChI=1S/C23H30N6O2/c1-16-11-25-23(26-12-16)28-13-17-10-18(15-28)20-5-4-19(22(31)29(20)14-17)21(30)24-6-9-27-7-2-3-8-27/h4-5,11-12,17-18H,2-3,6-10,13-15H2,1H3,(H,24,30)/t17-,18+/m0/s1. The summed E-state index contributed by atoms with van der Waals surface area (Å²) < 4.78 is 1.83. The Morgan fingerprint density at radius 1 is 1.13 bits per heavy atom. The average Bonchev–Trinajstić information content (AvgIpc) is 3.28. The minimum Gasteiger partial charge on any atom is -0.351 e. The molecule has 0 saturated carbocycles. The predicted octanol–water partition coefficient (Wildman–Crippen LogP) is 1.40. The van der Waals surface area contributed by atoms with Gasteiger partial charge in [-0.05, 0) is 62.9 Å². The quantitative estimate of drug-likeness (QED) is 0.784. The zero-order valence-electron chi connectivity index (χ0n) is 18.1. The minimum atomic E-state index is -0.259. The lowest BCUT2D eigenvalue weighted by Gasteiger charge is -2.42. The van der Waals surface area contributed by atoms with Gasteiger partial charge < -0.3 is 19.7 Å². The third kappa shape index (κ3) is 4.08. The monoisotopic (exact) mass is 422 g/mol. The number of fused-ring (bicyclic) bond motifs is 4. The van der Waals surface area contributed by atoms with Crippen molar-refractivity contribution in [1.29, 1.82) is 0 Å². The Morgan fingerprint density at radius 2 is 1.90 bits per heavy atom. The molecule has 1 amide bonds. The number of hydrogen-bond acceptors (Lipinski definition) is 6. The van der Waals surface area contributed by atoms with Gasteiger partial charge in [0, 0.05) is 56.7 Å². The summed E-state index contributed by atoms with van der Waals surface area (Å²) >= 11 is 0. The van der Waals surface area contributed by atoms with E-state index in [-0.39, 0.29) is 22.9 Å². The Kier molecular flexibility index (Phi) is 5.48. The third-order valence-corrected chi connectivity index (χ3v) is 6.81. The maximum atomic E-state index is 13.1. The summed E-state index contributed by atoms with van der Waals surface area (Å²) in [5.74, 6) is 1.09. The lowest BCUT2D eigenvalue weighted by molar-refractivity contribution is 0.0947. The van der Waals surface area contributed by atoms with Gasteiger partial charge in [-0.15, -0.1) is 0 Å². The summed E-state index contributed by atoms with van der Waals surface area (Å²) in [5.41, 5.74) is 2.16. The second kappa shape index (κ2) is 8.42. The van der Waals surface area contributed by atoms with Crippen LogP contribution < -0.4 is 15.8 Å². The molecular formula is C23H30N6O2. The number of anilines is 1. The molecule has 5 rings (SSSR count). The molecule has 0 radical (unpaired) electrons. The number of amides is 1. The lowest BCUT2D eigenvalue weighted by atomic mass is 9.83. The Morgan fingerprint density at radius 3 is 2.68 bits per heavy atom. The number of hydrogen-bond donors (Lipinski definition) is 1. The Labute approximate surface area is 182 Å². The smallest absolute Gasteiger partial charge is 0.263 e. The first-order valence-electron chi connectivity index (χ1n) is 11.4. The molecule has 0 aliphatic carbocycles. The molecule has 2 atom stereocenters. The first kappa shape index (κ1) is 20.2. The summed E-state index contributed by atoms with van der Waals surface area (Å²) in [6.45, 7) is 7.88. The molecule has 2 aromatic heterocycles. The van der Waals surface area contributed by atoms with Crippen molar-refractivity contribution in [2.75, 3.05) is 44.2 Å². The Bertz CT molecular complexity index is 1010. The summed E-state index contributed by atoms with van der Waals surface area (Å²) in [4.78, 5) is 39.4. The summed E-state index contributed by atoms with van der Waals surface area (Å²) in [6, 6.07) is 3.68. The molecule has 0 aromatic carbocycles. The molecule has 0 unspecified atom stereocenters. The highest BCUT2D eigenvalue weighted by atomic mass is 16.2. The van der Waals surface area contributed by atoms with Gasteiger partial charge in [-0.25, -0.2) is 9.97 Å². The number of rotatable bonds is 5. The van der Waals surface area contributed by atoms with Gasteiger partial charge in [0.1, 0.15) is 5.56 Å². The van der Waals surface area contributed by atoms with Gasteiger partial charge in [-0.2, -0.15) is 0 Å². The maximum absolute atomic E-state index is 13.1. The molecule has 2 bridgehead atoms. The van der Waals surface area contributed by atoms with Gasteiger partial charge in [0.25, 0.3) is 11.5 Å². The molecule has 2 fully saturated rings. The fourth-order valence-corrected chi connectivity index (χ4v) is 5.26. The van der Waals surface area contributed by atoms with Gasteiger partial charge in [0.15, 0.2) is 0 Å². The second-order valence-electron chi connectivity index (χ2n) is 9.16. The fraction of sp³-hybridized carbons (Fsp3) is 0.565. The van der Waals surface area contributed by atoms with E-state index in [4.69, 9.17) is 0 Å². The number of carbonyl (C=O) groups excluding carboxylic acids is 1. The highest BCUT2D eigenvalue weighted by molar-refractivity contribution is 5.93. The molecule has 5 heterocycles. The van der Waals surface area contributed by atoms with Crippen LogP contribution >= 0.6 is 0 Å². The van der Waals surface area contributed by atoms with E-state index in [9.17, 15) is 9.59 Å². The first-order chi connectivity index (χ1) is 15.1. The van der Waals surface area contributed by atoms with Crippen LogP contribution in [-0.2, 0) is 6.54 Å². The first-order valence-corrected chi connectivity index (χ1v) is 11.4. The summed E-state index contributed by atoms with van der Waals surface area (Å²) in [5, 5.41) is 2.94. The summed E-state index contributed by atoms with van der Waals surface area (Å²) in [6.07, 6.45) is 7.22. The number of nitrogens with one attached hydrogen (secondary N) is 1. The number of nitrogens with zero attached hydrogens (tertiary/aromatic N) is 5. The van der Waals surface area contributed by atoms with Crippen molar-refractivity contribution in [2.45, 2.75) is 38.6 Å². The van der Waals surface area contributed by atoms with Gasteiger partial charge in [0.2, 0.25) is 5.95 Å². The largest absolute Gasteiger partial charge is 0.351 e. The molecule has 3 aliphatic rings. The Hall–Kier alpha value is -2.74. The zero-order valence-corrected chi connectivity index (χ0v) is 18.1. The van der Waals surface area contributed by atoms with Crippen molar-refractivity contribution in [3.8, 4) is 0 Å². The van der Waals surface area contributed by atoms with Crippen molar-refractivity contribution in [1.82, 2.24) is 24.8 Å². The number of pyridine rings is 1. The molecule has 0 spiro atoms. The molecule has 164 valence electrons. The van der Waals surface area contributed by atoms with E-state index >= 15 is 0 Å². The van der Waals surface area contributed by atoms with Gasteiger partial charge >= 0.3 is 0 Å². The van der Waals surface area contributed by atoms with Crippen LogP contribution in [0.25, 0.3) is 0 Å². The van der Waals surface area contributed by atoms with E-state index in [1.54, 1.807) is 6.07 Å². The van der Waals surface area contributed by atoms with Crippen LogP contribution in [0.5, 0.6) is 0 Å². The van der Waals surface area contributed by atoms with E-state index in [0.717, 1.165) is 56.4 Å². The van der Waals surface area contributed by atoms with Gasteiger partial charge in [-0.3, -0.25) is 9.59 Å². The van der Waals surface area contributed by atoms with E-state index < -0.39 is 0 Å². The van der Waals surface area contributed by atoms with Crippen molar-refractivity contribution in [3.05, 3.63) is 51.7 Å². The van der Waals surface area contributed by atoms with Crippen LogP contribution in [0.15, 0.2) is 29.3 Å². The molecule has 2 saturated heterocycles. The van der Waals surface area contributed by atoms with Crippen molar-refractivity contribution in [2.24, 2.45) is 5.92 Å². The van der Waals surface area contributed by atoms with E-state index in [1.807, 2.05) is 30.0 Å². The van der Waals surface area contributed by atoms with Crippen molar-refractivity contribution < 1.29 is 4.79 Å². The van der Waals surface area contributed by atoms with Gasteiger partial charge in [-0.1, -0.05) is 0 Å². The van der Waals surface area contributed by atoms with Crippen LogP contribution in [0.2, 0.25) is 0 Å². The maximum Gasteiger partial charge on any atom is 0.263 e. The number of carbonyl (C=O) groups is 1. The molecule has 31 heavy (non-hydrogen) atoms. The zero-order chi connectivity index (χ0) is 21.4. The number of aromatic nitrogens is 3. The third-order valence-electron chi connectivity index (χ3n) is 6.81. The molecule has 1 N–H and O–H groups in total. The number of aryl methyl sites for hydroxylation is 1. The van der Waals surface area contributed by atoms with Crippen LogP contribution in [0.4, 0.5) is 5.95 Å². The van der Waals surface area contributed by atoms with Gasteiger partial charge in [0.05, 0.1) is 0 Å². The fourth-order valence-electron chi connectivity index (χ4n) is 5.26. The SMILES string of the molecule is Cc1cnc(N2C[C@@H]3C[C@H](C2)c2ccc(C(=O)NCCN4CCCC4)c(=O)n2C3)nc1.